The van der Waals surface area contributed by atoms with E-state index in [0.29, 0.717) is 16.3 Å². The van der Waals surface area contributed by atoms with E-state index in [9.17, 15) is 14.4 Å². The Labute approximate surface area is 196 Å². The van der Waals surface area contributed by atoms with Gasteiger partial charge >= 0.3 is 0 Å². The lowest BCUT2D eigenvalue weighted by Crippen LogP contribution is -2.45. The molecule has 3 aromatic carbocycles. The van der Waals surface area contributed by atoms with Crippen molar-refractivity contribution in [1.29, 1.82) is 0 Å². The van der Waals surface area contributed by atoms with Crippen molar-refractivity contribution < 1.29 is 14.4 Å². The number of Topliss-reactive ketones (excluding diaryl/α,β-unsaturated/α-hetero) is 1. The number of nitrogens with one attached hydrogen (secondary N) is 3. The van der Waals surface area contributed by atoms with Crippen LogP contribution < -0.4 is 10.6 Å². The van der Waals surface area contributed by atoms with Crippen LogP contribution in [0.15, 0.2) is 79.0 Å². The second-order valence-electron chi connectivity index (χ2n) is 7.70. The van der Waals surface area contributed by atoms with Crippen LogP contribution in [-0.4, -0.2) is 28.6 Å². The Balaban J connectivity index is 1.62. The van der Waals surface area contributed by atoms with Gasteiger partial charge in [-0.05, 0) is 42.8 Å². The maximum Gasteiger partial charge on any atom is 0.253 e. The largest absolute Gasteiger partial charge is 0.361 e. The van der Waals surface area contributed by atoms with Gasteiger partial charge in [0.2, 0.25) is 5.91 Å². The predicted octanol–water partition coefficient (Wildman–Crippen LogP) is 5.00. The van der Waals surface area contributed by atoms with Gasteiger partial charge in [-0.25, -0.2) is 0 Å². The lowest BCUT2D eigenvalue weighted by molar-refractivity contribution is -0.118. The van der Waals surface area contributed by atoms with Gasteiger partial charge in [0.05, 0.1) is 10.6 Å². The van der Waals surface area contributed by atoms with Gasteiger partial charge in [-0.3, -0.25) is 14.4 Å². The maximum absolute atomic E-state index is 13.3. The highest BCUT2D eigenvalue weighted by Crippen LogP contribution is 2.21. The van der Waals surface area contributed by atoms with Crippen molar-refractivity contribution in [2.45, 2.75) is 19.4 Å². The van der Waals surface area contributed by atoms with Crippen molar-refractivity contribution >= 4 is 45.8 Å². The number of amides is 2. The Morgan fingerprint density at radius 3 is 2.52 bits per heavy atom. The molecule has 1 atom stereocenters. The van der Waals surface area contributed by atoms with Crippen LogP contribution in [0.25, 0.3) is 10.9 Å². The Kier molecular flexibility index (Phi) is 6.56. The first-order valence-corrected chi connectivity index (χ1v) is 10.8. The van der Waals surface area contributed by atoms with Gasteiger partial charge in [0.25, 0.3) is 5.91 Å². The van der Waals surface area contributed by atoms with Gasteiger partial charge in [0.15, 0.2) is 5.78 Å². The second kappa shape index (κ2) is 9.71. The average Bonchev–Trinajstić information content (AvgIpc) is 3.22. The third-order valence-electron chi connectivity index (χ3n) is 5.38. The number of hydrogen-bond acceptors (Lipinski definition) is 3. The van der Waals surface area contributed by atoms with E-state index in [1.807, 2.05) is 30.5 Å². The number of carbonyl (C=O) groups is 3. The van der Waals surface area contributed by atoms with Crippen LogP contribution in [0, 0.1) is 0 Å². The molecule has 7 heteroatoms. The number of ketones is 1. The van der Waals surface area contributed by atoms with E-state index in [1.165, 1.54) is 6.92 Å². The summed E-state index contributed by atoms with van der Waals surface area (Å²) in [5.74, 6) is -0.951. The summed E-state index contributed by atoms with van der Waals surface area (Å²) >= 11 is 6.18. The maximum atomic E-state index is 13.3. The SMILES string of the molecule is CC(=O)c1cccc(NC(=O)C(Cc2c[nH]c3ccccc23)NC(=O)c2ccccc2Cl)c1. The van der Waals surface area contributed by atoms with Crippen LogP contribution in [0.4, 0.5) is 5.69 Å². The standard InChI is InChI=1S/C26H22ClN3O3/c1-16(31)17-7-6-8-19(13-17)29-26(33)24(30-25(32)21-10-2-4-11-22(21)27)14-18-15-28-23-12-5-3-9-20(18)23/h2-13,15,24,28H,14H2,1H3,(H,29,33)(H,30,32). The molecule has 0 spiro atoms. The molecule has 0 radical (unpaired) electrons. The summed E-state index contributed by atoms with van der Waals surface area (Å²) in [6, 6.07) is 20.2. The molecule has 0 bridgehead atoms. The zero-order valence-corrected chi connectivity index (χ0v) is 18.6. The van der Waals surface area contributed by atoms with Crippen LogP contribution in [0.3, 0.4) is 0 Å². The van der Waals surface area contributed by atoms with Gasteiger partial charge in [0.1, 0.15) is 6.04 Å². The minimum Gasteiger partial charge on any atom is -0.361 e. The molecule has 4 aromatic rings. The second-order valence-corrected chi connectivity index (χ2v) is 8.10. The van der Waals surface area contributed by atoms with Gasteiger partial charge in [-0.2, -0.15) is 0 Å². The number of carbonyl (C=O) groups excluding carboxylic acids is 3. The van der Waals surface area contributed by atoms with Crippen molar-refractivity contribution in [2.24, 2.45) is 0 Å². The molecule has 6 nitrogen and oxygen atoms in total. The third-order valence-corrected chi connectivity index (χ3v) is 5.71. The fourth-order valence-electron chi connectivity index (χ4n) is 3.66. The lowest BCUT2D eigenvalue weighted by atomic mass is 10.0. The molecule has 0 saturated carbocycles. The van der Waals surface area contributed by atoms with Crippen molar-refractivity contribution in [3.63, 3.8) is 0 Å². The number of aromatic nitrogens is 1. The molecule has 1 heterocycles. The Bertz CT molecular complexity index is 1350. The van der Waals surface area contributed by atoms with Crippen LogP contribution >= 0.6 is 11.6 Å². The molecule has 166 valence electrons. The summed E-state index contributed by atoms with van der Waals surface area (Å²) in [6.45, 7) is 1.46. The summed E-state index contributed by atoms with van der Waals surface area (Å²) < 4.78 is 0. The summed E-state index contributed by atoms with van der Waals surface area (Å²) in [7, 11) is 0. The molecule has 4 rings (SSSR count). The fraction of sp³-hybridized carbons (Fsp3) is 0.115. The fourth-order valence-corrected chi connectivity index (χ4v) is 3.88. The highest BCUT2D eigenvalue weighted by molar-refractivity contribution is 6.33. The van der Waals surface area contributed by atoms with Crippen molar-refractivity contribution in [3.8, 4) is 0 Å². The molecule has 0 saturated heterocycles. The molecule has 0 aliphatic rings. The third kappa shape index (κ3) is 5.13. The highest BCUT2D eigenvalue weighted by Gasteiger charge is 2.24. The van der Waals surface area contributed by atoms with E-state index >= 15 is 0 Å². The number of H-pyrrole nitrogens is 1. The molecule has 1 unspecified atom stereocenters. The molecule has 0 fully saturated rings. The van der Waals surface area contributed by atoms with Gasteiger partial charge in [-0.1, -0.05) is 54.1 Å². The first-order chi connectivity index (χ1) is 15.9. The van der Waals surface area contributed by atoms with E-state index in [0.717, 1.165) is 16.5 Å². The summed E-state index contributed by atoms with van der Waals surface area (Å²) in [4.78, 5) is 41.1. The van der Waals surface area contributed by atoms with Gasteiger partial charge < -0.3 is 15.6 Å². The van der Waals surface area contributed by atoms with Crippen molar-refractivity contribution in [2.75, 3.05) is 5.32 Å². The Hall–Kier alpha value is -3.90. The quantitative estimate of drug-likeness (QED) is 0.339. The molecule has 0 aliphatic heterocycles. The molecule has 1 aromatic heterocycles. The number of anilines is 1. The van der Waals surface area contributed by atoms with Crippen LogP contribution in [0.2, 0.25) is 5.02 Å². The zero-order chi connectivity index (χ0) is 23.4. The minimum atomic E-state index is -0.881. The first-order valence-electron chi connectivity index (χ1n) is 10.4. The summed E-state index contributed by atoms with van der Waals surface area (Å²) in [6.07, 6.45) is 2.10. The zero-order valence-electron chi connectivity index (χ0n) is 17.9. The molecule has 33 heavy (non-hydrogen) atoms. The molecule has 3 N–H and O–H groups in total. The summed E-state index contributed by atoms with van der Waals surface area (Å²) in [5, 5.41) is 6.91. The molecule has 0 aliphatic carbocycles. The molecular formula is C26H22ClN3O3. The van der Waals surface area contributed by atoms with Crippen molar-refractivity contribution in [1.82, 2.24) is 10.3 Å². The monoisotopic (exact) mass is 459 g/mol. The van der Waals surface area contributed by atoms with Crippen LogP contribution in [0.1, 0.15) is 33.2 Å². The van der Waals surface area contributed by atoms with E-state index in [2.05, 4.69) is 15.6 Å². The normalized spacial score (nSPS) is 11.7. The van der Waals surface area contributed by atoms with E-state index in [-0.39, 0.29) is 17.8 Å². The number of halogens is 1. The Morgan fingerprint density at radius 1 is 0.970 bits per heavy atom. The lowest BCUT2D eigenvalue weighted by Gasteiger charge is -2.19. The van der Waals surface area contributed by atoms with E-state index in [1.54, 1.807) is 48.5 Å². The van der Waals surface area contributed by atoms with Gasteiger partial charge in [0, 0.05) is 34.8 Å². The Morgan fingerprint density at radius 2 is 1.73 bits per heavy atom. The molecular weight excluding hydrogens is 438 g/mol. The van der Waals surface area contributed by atoms with E-state index < -0.39 is 17.9 Å². The number of benzene rings is 3. The van der Waals surface area contributed by atoms with Crippen molar-refractivity contribution in [3.05, 3.63) is 101 Å². The first kappa shape index (κ1) is 22.3. The predicted molar refractivity (Wildman–Crippen MR) is 130 cm³/mol. The van der Waals surface area contributed by atoms with Gasteiger partial charge in [-0.15, -0.1) is 0 Å². The highest BCUT2D eigenvalue weighted by atomic mass is 35.5. The van der Waals surface area contributed by atoms with E-state index in [4.69, 9.17) is 11.6 Å². The number of para-hydroxylation sites is 1. The van der Waals surface area contributed by atoms with Crippen LogP contribution in [0.5, 0.6) is 0 Å². The minimum absolute atomic E-state index is 0.103. The summed E-state index contributed by atoms with van der Waals surface area (Å²) in [5.41, 5.74) is 3.08. The number of hydrogen-bond donors (Lipinski definition) is 3. The number of rotatable bonds is 7. The number of fused-ring (bicyclic) bond motifs is 1. The number of aromatic amines is 1. The smallest absolute Gasteiger partial charge is 0.253 e. The van der Waals surface area contributed by atoms with Crippen LogP contribution in [-0.2, 0) is 11.2 Å². The average molecular weight is 460 g/mol. The topological polar surface area (TPSA) is 91.1 Å². The molecule has 2 amide bonds.